The van der Waals surface area contributed by atoms with Gasteiger partial charge in [-0.1, -0.05) is 42.5 Å². The van der Waals surface area contributed by atoms with Gasteiger partial charge in [-0.05, 0) is 42.5 Å². The van der Waals surface area contributed by atoms with Gasteiger partial charge in [-0.15, -0.1) is 0 Å². The lowest BCUT2D eigenvalue weighted by Crippen LogP contribution is -2.38. The number of esters is 1. The van der Waals surface area contributed by atoms with E-state index in [9.17, 15) is 9.59 Å². The topological polar surface area (TPSA) is 55.8 Å². The van der Waals surface area contributed by atoms with E-state index in [-0.39, 0.29) is 24.7 Å². The number of ether oxygens (including phenoxy) is 2. The highest BCUT2D eigenvalue weighted by atomic mass is 16.6. The van der Waals surface area contributed by atoms with Crippen molar-refractivity contribution in [3.63, 3.8) is 0 Å². The van der Waals surface area contributed by atoms with E-state index in [1.54, 1.807) is 17.0 Å². The minimum Gasteiger partial charge on any atom is -0.465 e. The minimum absolute atomic E-state index is 0.0290. The molecule has 26 heavy (non-hydrogen) atoms. The SMILES string of the molecule is COC(=O)c1ccc(C2CCCCN2C(=O)OCc2ccccc2)cc1. The summed E-state index contributed by atoms with van der Waals surface area (Å²) >= 11 is 0. The third-order valence-electron chi connectivity index (χ3n) is 4.66. The third kappa shape index (κ3) is 4.23. The zero-order chi connectivity index (χ0) is 18.4. The molecule has 2 aromatic rings. The van der Waals surface area contributed by atoms with E-state index < -0.39 is 0 Å². The molecule has 0 spiro atoms. The van der Waals surface area contributed by atoms with Crippen molar-refractivity contribution in [3.05, 3.63) is 71.3 Å². The Kier molecular flexibility index (Phi) is 5.89. The van der Waals surface area contributed by atoms with E-state index in [4.69, 9.17) is 9.47 Å². The predicted octanol–water partition coefficient (Wildman–Crippen LogP) is 4.34. The van der Waals surface area contributed by atoms with Crippen molar-refractivity contribution < 1.29 is 19.1 Å². The number of hydrogen-bond donors (Lipinski definition) is 0. The van der Waals surface area contributed by atoms with Crippen molar-refractivity contribution in [2.45, 2.75) is 31.9 Å². The van der Waals surface area contributed by atoms with E-state index in [1.165, 1.54) is 7.11 Å². The number of amides is 1. The van der Waals surface area contributed by atoms with Crippen LogP contribution in [0, 0.1) is 0 Å². The molecule has 3 rings (SSSR count). The second-order valence-corrected chi connectivity index (χ2v) is 6.36. The van der Waals surface area contributed by atoms with Crippen molar-refractivity contribution in [1.82, 2.24) is 4.90 Å². The first-order valence-corrected chi connectivity index (χ1v) is 8.84. The molecule has 1 heterocycles. The molecule has 1 atom stereocenters. The Bertz CT molecular complexity index is 742. The van der Waals surface area contributed by atoms with Crippen molar-refractivity contribution >= 4 is 12.1 Å². The molecular weight excluding hydrogens is 330 g/mol. The molecule has 0 bridgehead atoms. The summed E-state index contributed by atoms with van der Waals surface area (Å²) in [5, 5.41) is 0. The number of benzene rings is 2. The Morgan fingerprint density at radius 1 is 1.04 bits per heavy atom. The van der Waals surface area contributed by atoms with E-state index in [0.717, 1.165) is 30.4 Å². The van der Waals surface area contributed by atoms with Crippen LogP contribution in [0.3, 0.4) is 0 Å². The second kappa shape index (κ2) is 8.52. The smallest absolute Gasteiger partial charge is 0.410 e. The van der Waals surface area contributed by atoms with Crippen molar-refractivity contribution in [2.75, 3.05) is 13.7 Å². The van der Waals surface area contributed by atoms with Gasteiger partial charge in [0.2, 0.25) is 0 Å². The molecule has 1 amide bonds. The first kappa shape index (κ1) is 18.0. The highest BCUT2D eigenvalue weighted by Gasteiger charge is 2.29. The lowest BCUT2D eigenvalue weighted by Gasteiger charge is -2.35. The fourth-order valence-corrected chi connectivity index (χ4v) is 3.26. The van der Waals surface area contributed by atoms with Gasteiger partial charge in [0.05, 0.1) is 18.7 Å². The van der Waals surface area contributed by atoms with Crippen LogP contribution in [-0.4, -0.2) is 30.6 Å². The average molecular weight is 353 g/mol. The zero-order valence-corrected chi connectivity index (χ0v) is 14.9. The van der Waals surface area contributed by atoms with E-state index >= 15 is 0 Å². The van der Waals surface area contributed by atoms with Crippen LogP contribution < -0.4 is 0 Å². The molecular formula is C21H23NO4. The van der Waals surface area contributed by atoms with Crippen LogP contribution in [0.5, 0.6) is 0 Å². The molecule has 1 aliphatic heterocycles. The highest BCUT2D eigenvalue weighted by Crippen LogP contribution is 2.31. The first-order valence-electron chi connectivity index (χ1n) is 8.84. The monoisotopic (exact) mass is 353 g/mol. The van der Waals surface area contributed by atoms with Crippen LogP contribution in [0.1, 0.15) is 46.8 Å². The highest BCUT2D eigenvalue weighted by molar-refractivity contribution is 5.89. The maximum atomic E-state index is 12.6. The van der Waals surface area contributed by atoms with Gasteiger partial charge in [0.25, 0.3) is 0 Å². The number of carbonyl (C=O) groups is 2. The number of nitrogens with zero attached hydrogens (tertiary/aromatic N) is 1. The lowest BCUT2D eigenvalue weighted by molar-refractivity contribution is 0.0598. The zero-order valence-electron chi connectivity index (χ0n) is 14.9. The van der Waals surface area contributed by atoms with E-state index in [2.05, 4.69) is 0 Å². The summed E-state index contributed by atoms with van der Waals surface area (Å²) in [7, 11) is 1.36. The number of carbonyl (C=O) groups excluding carboxylic acids is 2. The molecule has 5 heteroatoms. The van der Waals surface area contributed by atoms with Gasteiger partial charge in [0, 0.05) is 6.54 Å². The number of methoxy groups -OCH3 is 1. The lowest BCUT2D eigenvalue weighted by atomic mass is 9.95. The van der Waals surface area contributed by atoms with Crippen LogP contribution in [-0.2, 0) is 16.1 Å². The molecule has 0 aliphatic carbocycles. The molecule has 0 aromatic heterocycles. The molecule has 1 unspecified atom stereocenters. The fraction of sp³-hybridized carbons (Fsp3) is 0.333. The predicted molar refractivity (Wildman–Crippen MR) is 97.7 cm³/mol. The summed E-state index contributed by atoms with van der Waals surface area (Å²) in [6.07, 6.45) is 2.62. The van der Waals surface area contributed by atoms with Gasteiger partial charge in [-0.2, -0.15) is 0 Å². The molecule has 1 saturated heterocycles. The summed E-state index contributed by atoms with van der Waals surface area (Å²) in [4.78, 5) is 26.0. The molecule has 1 fully saturated rings. The Hall–Kier alpha value is -2.82. The van der Waals surface area contributed by atoms with Crippen molar-refractivity contribution in [3.8, 4) is 0 Å². The Labute approximate surface area is 153 Å². The van der Waals surface area contributed by atoms with Crippen molar-refractivity contribution in [1.29, 1.82) is 0 Å². The summed E-state index contributed by atoms with van der Waals surface area (Å²) in [6.45, 7) is 0.946. The van der Waals surface area contributed by atoms with Crippen LogP contribution in [0.4, 0.5) is 4.79 Å². The summed E-state index contributed by atoms with van der Waals surface area (Å²) in [6, 6.07) is 16.9. The third-order valence-corrected chi connectivity index (χ3v) is 4.66. The number of hydrogen-bond acceptors (Lipinski definition) is 4. The maximum absolute atomic E-state index is 12.6. The van der Waals surface area contributed by atoms with Gasteiger partial charge in [0.1, 0.15) is 6.61 Å². The Morgan fingerprint density at radius 2 is 1.77 bits per heavy atom. The second-order valence-electron chi connectivity index (χ2n) is 6.36. The van der Waals surface area contributed by atoms with Crippen molar-refractivity contribution in [2.24, 2.45) is 0 Å². The molecule has 0 radical (unpaired) electrons. The van der Waals surface area contributed by atoms with E-state index in [1.807, 2.05) is 42.5 Å². The standard InChI is InChI=1S/C21H23NO4/c1-25-20(23)18-12-10-17(11-13-18)19-9-5-6-14-22(19)21(24)26-15-16-7-3-2-4-8-16/h2-4,7-8,10-13,19H,5-6,9,14-15H2,1H3. The first-order chi connectivity index (χ1) is 12.7. The summed E-state index contributed by atoms with van der Waals surface area (Å²) < 4.78 is 10.2. The average Bonchev–Trinajstić information content (AvgIpc) is 2.72. The fourth-order valence-electron chi connectivity index (χ4n) is 3.26. The largest absolute Gasteiger partial charge is 0.465 e. The summed E-state index contributed by atoms with van der Waals surface area (Å²) in [5.74, 6) is -0.362. The van der Waals surface area contributed by atoms with Crippen LogP contribution >= 0.6 is 0 Å². The maximum Gasteiger partial charge on any atom is 0.410 e. The molecule has 136 valence electrons. The minimum atomic E-state index is -0.362. The van der Waals surface area contributed by atoms with Crippen LogP contribution in [0.2, 0.25) is 0 Å². The quantitative estimate of drug-likeness (QED) is 0.768. The van der Waals surface area contributed by atoms with Gasteiger partial charge >= 0.3 is 12.1 Å². The normalized spacial score (nSPS) is 16.8. The number of piperidine rings is 1. The Balaban J connectivity index is 1.69. The van der Waals surface area contributed by atoms with E-state index in [0.29, 0.717) is 12.1 Å². The molecule has 0 saturated carbocycles. The molecule has 1 aliphatic rings. The number of likely N-dealkylation sites (tertiary alicyclic amines) is 1. The number of rotatable bonds is 4. The van der Waals surface area contributed by atoms with Gasteiger partial charge in [0.15, 0.2) is 0 Å². The van der Waals surface area contributed by atoms with Gasteiger partial charge in [-0.25, -0.2) is 9.59 Å². The summed E-state index contributed by atoms with van der Waals surface area (Å²) in [5.41, 5.74) is 2.48. The van der Waals surface area contributed by atoms with Gasteiger partial charge < -0.3 is 14.4 Å². The molecule has 5 nitrogen and oxygen atoms in total. The molecule has 2 aromatic carbocycles. The Morgan fingerprint density at radius 3 is 2.46 bits per heavy atom. The van der Waals surface area contributed by atoms with Gasteiger partial charge in [-0.3, -0.25) is 0 Å². The molecule has 0 N–H and O–H groups in total. The van der Waals surface area contributed by atoms with Crippen LogP contribution in [0.15, 0.2) is 54.6 Å². The van der Waals surface area contributed by atoms with Crippen LogP contribution in [0.25, 0.3) is 0 Å².